The summed E-state index contributed by atoms with van der Waals surface area (Å²) in [7, 11) is 0. The Kier molecular flexibility index (Phi) is 4.24. The van der Waals surface area contributed by atoms with Crippen LogP contribution in [0.5, 0.6) is 11.5 Å². The molecule has 2 nitrogen and oxygen atoms in total. The van der Waals surface area contributed by atoms with E-state index in [0.717, 1.165) is 11.3 Å². The first kappa shape index (κ1) is 12.9. The van der Waals surface area contributed by atoms with Crippen LogP contribution in [0.4, 0.5) is 0 Å². The summed E-state index contributed by atoms with van der Waals surface area (Å²) in [6, 6.07) is 14.5. The summed E-state index contributed by atoms with van der Waals surface area (Å²) in [5, 5.41) is 10.1. The van der Waals surface area contributed by atoms with E-state index in [1.807, 2.05) is 12.1 Å². The van der Waals surface area contributed by atoms with Crippen molar-refractivity contribution in [3.63, 3.8) is 0 Å². The number of ether oxygens (including phenoxy) is 1. The van der Waals surface area contributed by atoms with Crippen molar-refractivity contribution in [2.75, 3.05) is 0 Å². The minimum atomic E-state index is 0.610. The molecule has 0 aliphatic rings. The molecule has 0 radical (unpaired) electrons. The molecule has 0 atom stereocenters. The lowest BCUT2D eigenvalue weighted by molar-refractivity contribution is 0.478. The van der Waals surface area contributed by atoms with Gasteiger partial charge in [-0.1, -0.05) is 27.5 Å². The second-order valence-corrected chi connectivity index (χ2v) is 4.62. The molecule has 2 rings (SSSR count). The van der Waals surface area contributed by atoms with Crippen LogP contribution in [-0.2, 0) is 5.33 Å². The number of hydrogen-bond donors (Lipinski definition) is 0. The highest BCUT2D eigenvalue weighted by Crippen LogP contribution is 2.29. The van der Waals surface area contributed by atoms with Gasteiger partial charge < -0.3 is 4.74 Å². The maximum absolute atomic E-state index is 8.72. The summed E-state index contributed by atoms with van der Waals surface area (Å²) < 4.78 is 5.76. The van der Waals surface area contributed by atoms with Crippen molar-refractivity contribution >= 4 is 27.5 Å². The Hall–Kier alpha value is -1.50. The Balaban J connectivity index is 2.25. The topological polar surface area (TPSA) is 33.0 Å². The van der Waals surface area contributed by atoms with Crippen molar-refractivity contribution in [1.29, 1.82) is 5.26 Å². The van der Waals surface area contributed by atoms with Crippen LogP contribution in [0.25, 0.3) is 0 Å². The average Bonchev–Trinajstić information content (AvgIpc) is 2.41. The molecule has 0 aliphatic heterocycles. The van der Waals surface area contributed by atoms with Crippen molar-refractivity contribution < 1.29 is 4.74 Å². The van der Waals surface area contributed by atoms with E-state index in [1.54, 1.807) is 30.3 Å². The van der Waals surface area contributed by atoms with E-state index >= 15 is 0 Å². The maximum Gasteiger partial charge on any atom is 0.131 e. The molecule has 0 unspecified atom stereocenters. The third kappa shape index (κ3) is 3.04. The fourth-order valence-electron chi connectivity index (χ4n) is 1.48. The first-order chi connectivity index (χ1) is 8.72. The zero-order chi connectivity index (χ0) is 13.0. The third-order valence-electron chi connectivity index (χ3n) is 2.38. The summed E-state index contributed by atoms with van der Waals surface area (Å²) in [5.74, 6) is 1.44. The van der Waals surface area contributed by atoms with Crippen molar-refractivity contribution in [1.82, 2.24) is 0 Å². The molecule has 0 bridgehead atoms. The monoisotopic (exact) mass is 321 g/mol. The number of alkyl halides is 1. The van der Waals surface area contributed by atoms with E-state index in [2.05, 4.69) is 22.0 Å². The lowest BCUT2D eigenvalue weighted by atomic mass is 10.2. The summed E-state index contributed by atoms with van der Waals surface area (Å²) in [6.45, 7) is 0. The molecular formula is C14H9BrClNO. The lowest BCUT2D eigenvalue weighted by Crippen LogP contribution is -1.89. The molecule has 0 heterocycles. The largest absolute Gasteiger partial charge is 0.457 e. The third-order valence-corrected chi connectivity index (χ3v) is 3.22. The number of rotatable bonds is 3. The quantitative estimate of drug-likeness (QED) is 0.753. The number of nitrogens with zero attached hydrogens (tertiary/aromatic N) is 1. The maximum atomic E-state index is 8.72. The Labute approximate surface area is 119 Å². The molecule has 0 N–H and O–H groups in total. The zero-order valence-corrected chi connectivity index (χ0v) is 11.7. The van der Waals surface area contributed by atoms with Crippen molar-refractivity contribution in [2.24, 2.45) is 0 Å². The number of nitriles is 1. The van der Waals surface area contributed by atoms with Crippen LogP contribution < -0.4 is 4.74 Å². The predicted molar refractivity (Wildman–Crippen MR) is 75.3 cm³/mol. The summed E-state index contributed by atoms with van der Waals surface area (Å²) in [5.41, 5.74) is 1.59. The van der Waals surface area contributed by atoms with Gasteiger partial charge >= 0.3 is 0 Å². The summed E-state index contributed by atoms with van der Waals surface area (Å²) in [4.78, 5) is 0. The molecule has 0 fully saturated rings. The molecule has 0 aromatic heterocycles. The van der Waals surface area contributed by atoms with E-state index < -0.39 is 0 Å². The number of benzene rings is 2. The van der Waals surface area contributed by atoms with Gasteiger partial charge in [-0.05, 0) is 42.5 Å². The van der Waals surface area contributed by atoms with Gasteiger partial charge in [0.25, 0.3) is 0 Å². The summed E-state index contributed by atoms with van der Waals surface area (Å²) in [6.07, 6.45) is 0. The first-order valence-corrected chi connectivity index (χ1v) is 6.75. The fraction of sp³-hybridized carbons (Fsp3) is 0.0714. The fourth-order valence-corrected chi connectivity index (χ4v) is 2.11. The molecule has 2 aromatic carbocycles. The number of halogens is 2. The highest BCUT2D eigenvalue weighted by molar-refractivity contribution is 9.08. The Morgan fingerprint density at radius 3 is 2.50 bits per heavy atom. The van der Waals surface area contributed by atoms with Gasteiger partial charge in [-0.25, -0.2) is 0 Å². The lowest BCUT2D eigenvalue weighted by Gasteiger charge is -2.09. The van der Waals surface area contributed by atoms with Gasteiger partial charge in [0.15, 0.2) is 0 Å². The Morgan fingerprint density at radius 1 is 1.17 bits per heavy atom. The molecule has 2 aromatic rings. The first-order valence-electron chi connectivity index (χ1n) is 5.25. The van der Waals surface area contributed by atoms with Gasteiger partial charge in [-0.15, -0.1) is 0 Å². The second-order valence-electron chi connectivity index (χ2n) is 3.62. The van der Waals surface area contributed by atoms with Crippen LogP contribution in [0.3, 0.4) is 0 Å². The zero-order valence-electron chi connectivity index (χ0n) is 9.36. The molecule has 18 heavy (non-hydrogen) atoms. The van der Waals surface area contributed by atoms with E-state index in [4.69, 9.17) is 21.6 Å². The standard InChI is InChI=1S/C14H9BrClNO/c15-8-11-7-12(16)3-6-14(11)18-13-4-1-10(9-17)2-5-13/h1-7H,8H2. The van der Waals surface area contributed by atoms with Crippen molar-refractivity contribution in [3.05, 3.63) is 58.6 Å². The summed E-state index contributed by atoms with van der Waals surface area (Å²) >= 11 is 9.32. The van der Waals surface area contributed by atoms with Crippen molar-refractivity contribution in [2.45, 2.75) is 5.33 Å². The van der Waals surface area contributed by atoms with Crippen LogP contribution in [-0.4, -0.2) is 0 Å². The molecular weight excluding hydrogens is 314 g/mol. The van der Waals surface area contributed by atoms with Gasteiger partial charge in [0, 0.05) is 15.9 Å². The molecule has 0 saturated heterocycles. The van der Waals surface area contributed by atoms with E-state index in [0.29, 0.717) is 21.7 Å². The Bertz CT molecular complexity index is 590. The molecule has 0 aliphatic carbocycles. The van der Waals surface area contributed by atoms with E-state index in [-0.39, 0.29) is 0 Å². The van der Waals surface area contributed by atoms with Crippen LogP contribution in [0.1, 0.15) is 11.1 Å². The van der Waals surface area contributed by atoms with Crippen molar-refractivity contribution in [3.8, 4) is 17.6 Å². The van der Waals surface area contributed by atoms with E-state index in [9.17, 15) is 0 Å². The smallest absolute Gasteiger partial charge is 0.131 e. The minimum absolute atomic E-state index is 0.610. The molecule has 0 spiro atoms. The normalized spacial score (nSPS) is 9.83. The van der Waals surface area contributed by atoms with Crippen LogP contribution >= 0.6 is 27.5 Å². The van der Waals surface area contributed by atoms with Gasteiger partial charge in [0.05, 0.1) is 11.6 Å². The molecule has 4 heteroatoms. The minimum Gasteiger partial charge on any atom is -0.457 e. The highest BCUT2D eigenvalue weighted by Gasteiger charge is 2.05. The van der Waals surface area contributed by atoms with Gasteiger partial charge in [0.1, 0.15) is 11.5 Å². The van der Waals surface area contributed by atoms with Gasteiger partial charge in [-0.3, -0.25) is 0 Å². The van der Waals surface area contributed by atoms with Crippen LogP contribution in [0, 0.1) is 11.3 Å². The van der Waals surface area contributed by atoms with Crippen LogP contribution in [0.2, 0.25) is 5.02 Å². The molecule has 0 saturated carbocycles. The molecule has 0 amide bonds. The molecule has 90 valence electrons. The number of hydrogen-bond acceptors (Lipinski definition) is 2. The van der Waals surface area contributed by atoms with Gasteiger partial charge in [0.2, 0.25) is 0 Å². The van der Waals surface area contributed by atoms with Gasteiger partial charge in [-0.2, -0.15) is 5.26 Å². The average molecular weight is 323 g/mol. The SMILES string of the molecule is N#Cc1ccc(Oc2ccc(Cl)cc2CBr)cc1. The van der Waals surface area contributed by atoms with E-state index in [1.165, 1.54) is 0 Å². The predicted octanol–water partition coefficient (Wildman–Crippen LogP) is 4.90. The second kappa shape index (κ2) is 5.90. The Morgan fingerprint density at radius 2 is 1.89 bits per heavy atom. The highest BCUT2D eigenvalue weighted by atomic mass is 79.9. The van der Waals surface area contributed by atoms with Crippen LogP contribution in [0.15, 0.2) is 42.5 Å².